The van der Waals surface area contributed by atoms with E-state index in [0.29, 0.717) is 32.8 Å². The molecule has 0 fully saturated rings. The Labute approximate surface area is 265 Å². The van der Waals surface area contributed by atoms with Gasteiger partial charge in [-0.25, -0.2) is 15.0 Å². The van der Waals surface area contributed by atoms with E-state index in [4.69, 9.17) is 58.4 Å². The van der Waals surface area contributed by atoms with Crippen LogP contribution in [0.1, 0.15) is 33.6 Å². The maximum atomic E-state index is 6.57. The van der Waals surface area contributed by atoms with Crippen LogP contribution in [-0.2, 0) is 13.1 Å². The van der Waals surface area contributed by atoms with E-state index in [1.807, 2.05) is 129 Å². The molecule has 0 aliphatic carbocycles. The zero-order valence-electron chi connectivity index (χ0n) is 22.2. The van der Waals surface area contributed by atoms with Gasteiger partial charge in [-0.3, -0.25) is 0 Å². The van der Waals surface area contributed by atoms with Crippen molar-refractivity contribution in [1.82, 2.24) is 4.98 Å². The quantitative estimate of drug-likeness (QED) is 0.132. The van der Waals surface area contributed by atoms with Gasteiger partial charge in [0.1, 0.15) is 0 Å². The molecule has 1 aromatic heterocycles. The van der Waals surface area contributed by atoms with Crippen LogP contribution in [0, 0.1) is 13.8 Å². The topological polar surface area (TPSA) is 37.6 Å². The molecule has 1 heterocycles. The number of aliphatic imine (C=N–C) groups is 2. The van der Waals surface area contributed by atoms with Crippen LogP contribution >= 0.6 is 43.4 Å². The summed E-state index contributed by atoms with van der Waals surface area (Å²) in [6.45, 7) is 4.01. The van der Waals surface area contributed by atoms with E-state index in [2.05, 4.69) is 0 Å². The first kappa shape index (κ1) is 31.0. The summed E-state index contributed by atoms with van der Waals surface area (Å²) < 4.78 is 0. The summed E-state index contributed by atoms with van der Waals surface area (Å²) in [6.07, 6.45) is 0. The predicted molar refractivity (Wildman–Crippen MR) is 172 cm³/mol. The van der Waals surface area contributed by atoms with Crippen molar-refractivity contribution in [2.24, 2.45) is 9.98 Å². The summed E-state index contributed by atoms with van der Waals surface area (Å²) in [4.78, 5) is 15.0. The van der Waals surface area contributed by atoms with Gasteiger partial charge < -0.3 is 0 Å². The van der Waals surface area contributed by atoms with Crippen LogP contribution in [0.5, 0.6) is 0 Å². The molecule has 0 spiro atoms. The number of benzene rings is 4. The molecule has 0 bridgehead atoms. The van der Waals surface area contributed by atoms with Gasteiger partial charge in [0, 0.05) is 11.1 Å². The summed E-state index contributed by atoms with van der Waals surface area (Å²) in [7, 11) is 9.53. The van der Waals surface area contributed by atoms with Gasteiger partial charge in [0.15, 0.2) is 0 Å². The summed E-state index contributed by atoms with van der Waals surface area (Å²) in [6, 6.07) is 37.6. The SMILES string of the molecule is Cc1ccc(N=C(c2ccccc2)c2cccc(C(=Nc3ccc(C)cc3Cl)c3ccccc3)n2)c(Cl)c1.[Cl][Fe][Cl]. The van der Waals surface area contributed by atoms with Crippen LogP contribution in [-0.4, -0.2) is 16.4 Å². The van der Waals surface area contributed by atoms with Crippen molar-refractivity contribution in [2.45, 2.75) is 13.8 Å². The van der Waals surface area contributed by atoms with E-state index in [0.717, 1.165) is 33.7 Å². The first-order chi connectivity index (χ1) is 19.9. The fourth-order valence-electron chi connectivity index (χ4n) is 4.08. The number of hydrogen-bond donors (Lipinski definition) is 0. The molecular formula is C33H25Cl4FeN3. The van der Waals surface area contributed by atoms with Gasteiger partial charge in [0.2, 0.25) is 0 Å². The van der Waals surface area contributed by atoms with Crippen molar-refractivity contribution < 1.29 is 13.1 Å². The molecule has 3 nitrogen and oxygen atoms in total. The van der Waals surface area contributed by atoms with Gasteiger partial charge in [-0.2, -0.15) is 0 Å². The van der Waals surface area contributed by atoms with Gasteiger partial charge >= 0.3 is 33.3 Å². The van der Waals surface area contributed by atoms with Gasteiger partial charge in [-0.15, -0.1) is 0 Å². The fourth-order valence-corrected chi connectivity index (χ4v) is 4.63. The van der Waals surface area contributed by atoms with Crippen LogP contribution < -0.4 is 0 Å². The Bertz CT molecular complexity index is 1550. The van der Waals surface area contributed by atoms with E-state index in [1.165, 1.54) is 0 Å². The Morgan fingerprint density at radius 3 is 1.32 bits per heavy atom. The number of halogens is 4. The zero-order chi connectivity index (χ0) is 29.2. The molecule has 0 saturated heterocycles. The molecule has 8 heteroatoms. The van der Waals surface area contributed by atoms with Crippen LogP contribution in [0.2, 0.25) is 10.0 Å². The third-order valence-corrected chi connectivity index (χ3v) is 6.61. The normalized spacial score (nSPS) is 11.7. The van der Waals surface area contributed by atoms with Crippen LogP contribution in [0.3, 0.4) is 0 Å². The first-order valence-corrected chi connectivity index (χ1v) is 16.3. The first-order valence-electron chi connectivity index (χ1n) is 12.5. The Morgan fingerprint density at radius 2 is 0.951 bits per heavy atom. The Hall–Kier alpha value is -2.95. The molecule has 5 rings (SSSR count). The van der Waals surface area contributed by atoms with Crippen LogP contribution in [0.4, 0.5) is 11.4 Å². The van der Waals surface area contributed by atoms with Crippen LogP contribution in [0.15, 0.2) is 125 Å². The van der Waals surface area contributed by atoms with Crippen molar-refractivity contribution in [3.05, 3.63) is 159 Å². The maximum absolute atomic E-state index is 6.57. The third-order valence-electron chi connectivity index (χ3n) is 6.00. The Morgan fingerprint density at radius 1 is 0.561 bits per heavy atom. The van der Waals surface area contributed by atoms with E-state index in [9.17, 15) is 0 Å². The fraction of sp³-hybridized carbons (Fsp3) is 0.0606. The standard InChI is InChI=1S/C33H25Cl2N3.2ClH.Fe/c1-22-16-18-28(26(34)20-22)37-32(24-10-5-3-6-11-24)30-14-9-15-31(36-30)33(25-12-7-4-8-13-25)38-29-19-17-23(2)21-27(29)35;;;/h3-21H,1-2H3;2*1H;/q;;;+2/p-2. The molecule has 4 aromatic carbocycles. The van der Waals surface area contributed by atoms with E-state index < -0.39 is 0 Å². The number of hydrogen-bond acceptors (Lipinski definition) is 3. The summed E-state index contributed by atoms with van der Waals surface area (Å²) in [5, 5.41) is 1.19. The van der Waals surface area contributed by atoms with Gasteiger partial charge in [0.05, 0.1) is 44.2 Å². The van der Waals surface area contributed by atoms with E-state index in [-0.39, 0.29) is 13.1 Å². The molecule has 0 aliphatic heterocycles. The average Bonchev–Trinajstić information content (AvgIpc) is 2.98. The molecule has 41 heavy (non-hydrogen) atoms. The number of aromatic nitrogens is 1. The molecule has 0 N–H and O–H groups in total. The molecule has 0 saturated carbocycles. The molecule has 0 radical (unpaired) electrons. The Kier molecular flexibility index (Phi) is 11.6. The van der Waals surface area contributed by atoms with Gasteiger partial charge in [-0.1, -0.05) is 102 Å². The van der Waals surface area contributed by atoms with Crippen LogP contribution in [0.25, 0.3) is 0 Å². The van der Waals surface area contributed by atoms with Crippen molar-refractivity contribution in [1.29, 1.82) is 0 Å². The molecular weight excluding hydrogens is 636 g/mol. The van der Waals surface area contributed by atoms with Crippen molar-refractivity contribution >= 4 is 66.2 Å². The minimum atomic E-state index is 0.194. The summed E-state index contributed by atoms with van der Waals surface area (Å²) >= 11 is 13.3. The molecule has 0 atom stereocenters. The van der Waals surface area contributed by atoms with E-state index >= 15 is 0 Å². The molecule has 0 aliphatic rings. The molecule has 0 amide bonds. The zero-order valence-corrected chi connectivity index (χ0v) is 26.3. The molecule has 5 aromatic rings. The second-order valence-electron chi connectivity index (χ2n) is 9.02. The minimum absolute atomic E-state index is 0.194. The second kappa shape index (κ2) is 15.3. The van der Waals surface area contributed by atoms with Gasteiger partial charge in [-0.05, 0) is 61.4 Å². The summed E-state index contributed by atoms with van der Waals surface area (Å²) in [5.74, 6) is 0. The third kappa shape index (κ3) is 8.53. The van der Waals surface area contributed by atoms with E-state index in [1.54, 1.807) is 0 Å². The predicted octanol–water partition coefficient (Wildman–Crippen LogP) is 10.7. The number of nitrogens with zero attached hydrogens (tertiary/aromatic N) is 3. The molecule has 0 unspecified atom stereocenters. The van der Waals surface area contributed by atoms with Crippen molar-refractivity contribution in [3.8, 4) is 0 Å². The number of aryl methyl sites for hydroxylation is 2. The average molecular weight is 661 g/mol. The second-order valence-corrected chi connectivity index (χ2v) is 11.7. The van der Waals surface area contributed by atoms with Crippen molar-refractivity contribution in [2.75, 3.05) is 0 Å². The number of rotatable bonds is 6. The monoisotopic (exact) mass is 659 g/mol. The van der Waals surface area contributed by atoms with Crippen molar-refractivity contribution in [3.63, 3.8) is 0 Å². The Balaban J connectivity index is 0.00000124. The summed E-state index contributed by atoms with van der Waals surface area (Å²) in [5.41, 5.74) is 8.27. The number of pyridine rings is 1. The van der Waals surface area contributed by atoms with Gasteiger partial charge in [0.25, 0.3) is 0 Å². The molecule has 208 valence electrons.